The van der Waals surface area contributed by atoms with E-state index in [-0.39, 0.29) is 24.6 Å². The highest BCUT2D eigenvalue weighted by molar-refractivity contribution is 5.92. The molecule has 0 spiro atoms. The highest BCUT2D eigenvalue weighted by Gasteiger charge is 2.20. The van der Waals surface area contributed by atoms with Crippen LogP contribution < -0.4 is 5.32 Å². The number of hydrogen-bond acceptors (Lipinski definition) is 4. The summed E-state index contributed by atoms with van der Waals surface area (Å²) < 4.78 is 5.12. The summed E-state index contributed by atoms with van der Waals surface area (Å²) in [5, 5.41) is 2.79. The van der Waals surface area contributed by atoms with Gasteiger partial charge in [-0.1, -0.05) is 31.4 Å². The van der Waals surface area contributed by atoms with Gasteiger partial charge in [-0.05, 0) is 57.2 Å². The fourth-order valence-corrected chi connectivity index (χ4v) is 3.41. The lowest BCUT2D eigenvalue weighted by Crippen LogP contribution is -2.46. The predicted octanol–water partition coefficient (Wildman–Crippen LogP) is 3.26. The Morgan fingerprint density at radius 2 is 1.68 bits per heavy atom. The average molecular weight is 389 g/mol. The van der Waals surface area contributed by atoms with Gasteiger partial charge in [-0.15, -0.1) is 0 Å². The van der Waals surface area contributed by atoms with E-state index in [1.54, 1.807) is 12.1 Å². The van der Waals surface area contributed by atoms with Crippen molar-refractivity contribution >= 4 is 17.8 Å². The molecule has 6 nitrogen and oxygen atoms in total. The highest BCUT2D eigenvalue weighted by Crippen LogP contribution is 2.32. The van der Waals surface area contributed by atoms with Crippen LogP contribution in [0.2, 0.25) is 0 Å². The van der Waals surface area contributed by atoms with E-state index in [2.05, 4.69) is 5.32 Å². The molecule has 28 heavy (non-hydrogen) atoms. The van der Waals surface area contributed by atoms with Crippen LogP contribution in [0.4, 0.5) is 0 Å². The van der Waals surface area contributed by atoms with Crippen molar-refractivity contribution in [3.63, 3.8) is 0 Å². The maximum Gasteiger partial charge on any atom is 0.338 e. The van der Waals surface area contributed by atoms with E-state index in [4.69, 9.17) is 4.74 Å². The van der Waals surface area contributed by atoms with Crippen LogP contribution in [-0.4, -0.2) is 48.4 Å². The minimum absolute atomic E-state index is 0.0796. The molecule has 1 aliphatic rings. The number of likely N-dealkylation sites (N-methyl/N-ethyl adjacent to an activating group) is 1. The number of hydrogen-bond donors (Lipinski definition) is 1. The summed E-state index contributed by atoms with van der Waals surface area (Å²) in [5.74, 6) is -0.631. The van der Waals surface area contributed by atoms with Gasteiger partial charge in [0.1, 0.15) is 0 Å². The van der Waals surface area contributed by atoms with Gasteiger partial charge in [-0.25, -0.2) is 4.79 Å². The van der Waals surface area contributed by atoms with Crippen molar-refractivity contribution in [2.24, 2.45) is 0 Å². The Kier molecular flexibility index (Phi) is 7.61. The lowest BCUT2D eigenvalue weighted by molar-refractivity contribution is -0.137. The zero-order valence-electron chi connectivity index (χ0n) is 17.4. The summed E-state index contributed by atoms with van der Waals surface area (Å²) >= 11 is 0. The number of amides is 2. The molecule has 1 aliphatic carbocycles. The van der Waals surface area contributed by atoms with Crippen LogP contribution >= 0.6 is 0 Å². The lowest BCUT2D eigenvalue weighted by atomic mass is 9.84. The van der Waals surface area contributed by atoms with Crippen LogP contribution in [0, 0.1) is 0 Å². The second-order valence-electron chi connectivity index (χ2n) is 8.58. The first-order chi connectivity index (χ1) is 13.2. The van der Waals surface area contributed by atoms with Crippen molar-refractivity contribution in [2.45, 2.75) is 64.3 Å². The van der Waals surface area contributed by atoms with Crippen LogP contribution in [-0.2, 0) is 14.3 Å². The predicted molar refractivity (Wildman–Crippen MR) is 108 cm³/mol. The topological polar surface area (TPSA) is 75.7 Å². The van der Waals surface area contributed by atoms with E-state index in [1.165, 1.54) is 49.6 Å². The zero-order chi connectivity index (χ0) is 20.7. The molecule has 1 aromatic rings. The Bertz CT molecular complexity index is 685. The van der Waals surface area contributed by atoms with Crippen LogP contribution in [0.25, 0.3) is 0 Å². The van der Waals surface area contributed by atoms with Gasteiger partial charge in [0.2, 0.25) is 5.91 Å². The van der Waals surface area contributed by atoms with Crippen molar-refractivity contribution in [3.8, 4) is 0 Å². The van der Waals surface area contributed by atoms with E-state index >= 15 is 0 Å². The molecule has 0 radical (unpaired) electrons. The van der Waals surface area contributed by atoms with Crippen molar-refractivity contribution in [1.82, 2.24) is 10.2 Å². The number of ether oxygens (including phenoxy) is 1. The van der Waals surface area contributed by atoms with Crippen LogP contribution in [0.1, 0.15) is 74.7 Å². The quantitative estimate of drug-likeness (QED) is 0.759. The lowest BCUT2D eigenvalue weighted by Gasteiger charge is -2.23. The second-order valence-corrected chi connectivity index (χ2v) is 8.58. The maximum atomic E-state index is 12.2. The Hall–Kier alpha value is -2.37. The maximum absolute atomic E-state index is 12.2. The molecular weight excluding hydrogens is 356 g/mol. The molecule has 2 amide bonds. The standard InChI is InChI=1S/C22H32N2O4/c1-22(2,3)23-19(25)14-24(4)20(26)15-28-21(27)18-12-10-17(11-13-18)16-8-6-5-7-9-16/h10-13,16H,5-9,14-15H2,1-4H3,(H,23,25). The number of benzene rings is 1. The largest absolute Gasteiger partial charge is 0.452 e. The summed E-state index contributed by atoms with van der Waals surface area (Å²) in [6.07, 6.45) is 6.23. The molecule has 6 heteroatoms. The van der Waals surface area contributed by atoms with Crippen molar-refractivity contribution < 1.29 is 19.1 Å². The normalized spacial score (nSPS) is 15.0. The Morgan fingerprint density at radius 1 is 1.07 bits per heavy atom. The SMILES string of the molecule is CN(CC(=O)NC(C)(C)C)C(=O)COC(=O)c1ccc(C2CCCCC2)cc1. The molecule has 0 unspecified atom stereocenters. The van der Waals surface area contributed by atoms with Crippen molar-refractivity contribution in [1.29, 1.82) is 0 Å². The first-order valence-electron chi connectivity index (χ1n) is 9.98. The molecule has 0 saturated heterocycles. The third-order valence-electron chi connectivity index (χ3n) is 4.87. The third kappa shape index (κ3) is 6.98. The van der Waals surface area contributed by atoms with Gasteiger partial charge >= 0.3 is 5.97 Å². The van der Waals surface area contributed by atoms with Gasteiger partial charge in [-0.3, -0.25) is 9.59 Å². The molecular formula is C22H32N2O4. The van der Waals surface area contributed by atoms with E-state index in [0.717, 1.165) is 0 Å². The molecule has 0 aromatic heterocycles. The minimum atomic E-state index is -0.531. The van der Waals surface area contributed by atoms with Crippen LogP contribution in [0.15, 0.2) is 24.3 Å². The number of esters is 1. The third-order valence-corrected chi connectivity index (χ3v) is 4.87. The summed E-state index contributed by atoms with van der Waals surface area (Å²) in [5.41, 5.74) is 1.33. The molecule has 1 saturated carbocycles. The molecule has 1 fully saturated rings. The molecule has 1 aromatic carbocycles. The molecule has 0 heterocycles. The monoisotopic (exact) mass is 388 g/mol. The van der Waals surface area contributed by atoms with Crippen LogP contribution in [0.5, 0.6) is 0 Å². The minimum Gasteiger partial charge on any atom is -0.452 e. The van der Waals surface area contributed by atoms with E-state index < -0.39 is 11.9 Å². The molecule has 2 rings (SSSR count). The van der Waals surface area contributed by atoms with Gasteiger partial charge in [0, 0.05) is 12.6 Å². The van der Waals surface area contributed by atoms with Gasteiger partial charge in [-0.2, -0.15) is 0 Å². The first kappa shape index (κ1) is 21.9. The van der Waals surface area contributed by atoms with E-state index in [9.17, 15) is 14.4 Å². The highest BCUT2D eigenvalue weighted by atomic mass is 16.5. The Morgan fingerprint density at radius 3 is 2.25 bits per heavy atom. The van der Waals surface area contributed by atoms with Gasteiger partial charge < -0.3 is 15.0 Å². The van der Waals surface area contributed by atoms with Gasteiger partial charge in [0.15, 0.2) is 6.61 Å². The molecule has 0 aliphatic heterocycles. The smallest absolute Gasteiger partial charge is 0.338 e. The Labute approximate surface area is 167 Å². The molecule has 154 valence electrons. The van der Waals surface area contributed by atoms with Gasteiger partial charge in [0.25, 0.3) is 5.91 Å². The number of nitrogens with one attached hydrogen (secondary N) is 1. The van der Waals surface area contributed by atoms with Gasteiger partial charge in [0.05, 0.1) is 12.1 Å². The zero-order valence-corrected chi connectivity index (χ0v) is 17.4. The van der Waals surface area contributed by atoms with E-state index in [1.807, 2.05) is 32.9 Å². The number of carbonyl (C=O) groups is 3. The summed E-state index contributed by atoms with van der Waals surface area (Å²) in [6, 6.07) is 7.49. The van der Waals surface area contributed by atoms with Crippen molar-refractivity contribution in [2.75, 3.05) is 20.2 Å². The molecule has 0 bridgehead atoms. The number of rotatable bonds is 6. The van der Waals surface area contributed by atoms with Crippen LogP contribution in [0.3, 0.4) is 0 Å². The van der Waals surface area contributed by atoms with Crippen molar-refractivity contribution in [3.05, 3.63) is 35.4 Å². The average Bonchev–Trinajstić information content (AvgIpc) is 2.65. The summed E-state index contributed by atoms with van der Waals surface area (Å²) in [7, 11) is 1.51. The summed E-state index contributed by atoms with van der Waals surface area (Å²) in [6.45, 7) is 5.14. The second kappa shape index (κ2) is 9.71. The molecule has 1 N–H and O–H groups in total. The van der Waals surface area contributed by atoms with E-state index in [0.29, 0.717) is 11.5 Å². The summed E-state index contributed by atoms with van der Waals surface area (Å²) in [4.78, 5) is 37.4. The fourth-order valence-electron chi connectivity index (χ4n) is 3.41. The fraction of sp³-hybridized carbons (Fsp3) is 0.591. The number of nitrogens with zero attached hydrogens (tertiary/aromatic N) is 1. The molecule has 0 atom stereocenters. The Balaban J connectivity index is 1.80. The number of carbonyl (C=O) groups excluding carboxylic acids is 3. The first-order valence-corrected chi connectivity index (χ1v) is 9.98.